The number of nitrogens with zero attached hydrogens (tertiary/aromatic N) is 3. The minimum Gasteiger partial charge on any atom is -0.475 e. The molecule has 0 radical (unpaired) electrons. The maximum atomic E-state index is 12.6. The molecule has 3 aromatic heterocycles. The first-order valence-corrected chi connectivity index (χ1v) is 9.81. The van der Waals surface area contributed by atoms with E-state index in [4.69, 9.17) is 38.8 Å². The van der Waals surface area contributed by atoms with Crippen molar-refractivity contribution in [3.05, 3.63) is 58.2 Å². The molecule has 1 atom stereocenters. The summed E-state index contributed by atoms with van der Waals surface area (Å²) in [4.78, 5) is 41.1. The summed E-state index contributed by atoms with van der Waals surface area (Å²) in [6, 6.07) is 2.60. The number of esters is 1. The van der Waals surface area contributed by atoms with E-state index in [1.54, 1.807) is 28.9 Å². The maximum absolute atomic E-state index is 12.6. The fourth-order valence-electron chi connectivity index (χ4n) is 2.61. The average molecular weight is 522 g/mol. The van der Waals surface area contributed by atoms with Crippen LogP contribution in [0, 0.1) is 0 Å². The van der Waals surface area contributed by atoms with Crippen LogP contribution in [0.2, 0.25) is 10.0 Å². The van der Waals surface area contributed by atoms with Gasteiger partial charge in [-0.3, -0.25) is 14.6 Å². The number of hydrogen-bond acceptors (Lipinski definition) is 7. The molecular weight excluding hydrogens is 506 g/mol. The number of imidazole rings is 1. The Hall–Kier alpha value is -3.42. The third-order valence-corrected chi connectivity index (χ3v) is 4.71. The Morgan fingerprint density at radius 1 is 1.24 bits per heavy atom. The zero-order valence-corrected chi connectivity index (χ0v) is 18.6. The predicted molar refractivity (Wildman–Crippen MR) is 115 cm³/mol. The molecule has 0 fully saturated rings. The normalized spacial score (nSPS) is 11.9. The van der Waals surface area contributed by atoms with Gasteiger partial charge in [0, 0.05) is 36.9 Å². The van der Waals surface area contributed by atoms with Crippen LogP contribution in [-0.4, -0.2) is 56.6 Å². The van der Waals surface area contributed by atoms with E-state index < -0.39 is 30.1 Å². The number of fused-ring (bicyclic) bond motifs is 1. The van der Waals surface area contributed by atoms with Crippen molar-refractivity contribution in [1.82, 2.24) is 14.4 Å². The lowest BCUT2D eigenvalue weighted by atomic mass is 10.1. The number of alkyl halides is 3. The van der Waals surface area contributed by atoms with Crippen LogP contribution >= 0.6 is 23.2 Å². The molecule has 0 spiro atoms. The van der Waals surface area contributed by atoms with E-state index in [2.05, 4.69) is 20.0 Å². The monoisotopic (exact) mass is 521 g/mol. The van der Waals surface area contributed by atoms with Crippen molar-refractivity contribution in [1.29, 1.82) is 0 Å². The number of carbonyl (C=O) groups excluding carboxylic acids is 2. The van der Waals surface area contributed by atoms with Crippen molar-refractivity contribution < 1.29 is 37.4 Å². The second-order valence-electron chi connectivity index (χ2n) is 6.43. The summed E-state index contributed by atoms with van der Waals surface area (Å²) < 4.78 is 38.1. The molecule has 0 bridgehead atoms. The molecule has 1 amide bonds. The number of nitrogens with one attached hydrogen (secondary N) is 1. The number of aliphatic carboxylic acids is 1. The Labute approximate surface area is 199 Å². The van der Waals surface area contributed by atoms with E-state index in [0.717, 1.165) is 5.69 Å². The Morgan fingerprint density at radius 3 is 2.35 bits per heavy atom. The van der Waals surface area contributed by atoms with E-state index in [0.29, 0.717) is 11.3 Å². The van der Waals surface area contributed by atoms with Gasteiger partial charge >= 0.3 is 18.1 Å². The third kappa shape index (κ3) is 6.56. The van der Waals surface area contributed by atoms with Crippen LogP contribution in [0.4, 0.5) is 18.9 Å². The van der Waals surface area contributed by atoms with Crippen molar-refractivity contribution in [2.75, 3.05) is 12.4 Å². The van der Waals surface area contributed by atoms with E-state index in [9.17, 15) is 22.8 Å². The van der Waals surface area contributed by atoms with Gasteiger partial charge in [-0.05, 0) is 12.1 Å². The second-order valence-corrected chi connectivity index (χ2v) is 7.24. The molecule has 0 aliphatic heterocycles. The van der Waals surface area contributed by atoms with Gasteiger partial charge in [0.2, 0.25) is 0 Å². The SMILES string of the molecule is COC(=O)[C@@H](N)Cc1ccc(NC(=O)c2c(Cl)cncc2Cl)c2nccn12.O=C(O)C(F)(F)F. The van der Waals surface area contributed by atoms with Crippen LogP contribution in [-0.2, 0) is 20.7 Å². The summed E-state index contributed by atoms with van der Waals surface area (Å²) in [6.07, 6.45) is 1.12. The first-order valence-electron chi connectivity index (χ1n) is 9.05. The number of pyridine rings is 2. The molecule has 0 saturated heterocycles. The lowest BCUT2D eigenvalue weighted by molar-refractivity contribution is -0.192. The molecule has 4 N–H and O–H groups in total. The van der Waals surface area contributed by atoms with Gasteiger partial charge in [-0.25, -0.2) is 9.78 Å². The lowest BCUT2D eigenvalue weighted by Crippen LogP contribution is -2.34. The number of methoxy groups -OCH3 is 1. The summed E-state index contributed by atoms with van der Waals surface area (Å²) in [6.45, 7) is 0. The summed E-state index contributed by atoms with van der Waals surface area (Å²) >= 11 is 12.1. The van der Waals surface area contributed by atoms with Crippen LogP contribution < -0.4 is 11.1 Å². The van der Waals surface area contributed by atoms with E-state index in [1.807, 2.05) is 0 Å². The van der Waals surface area contributed by atoms with Gasteiger partial charge in [-0.15, -0.1) is 0 Å². The molecule has 182 valence electrons. The fourth-order valence-corrected chi connectivity index (χ4v) is 3.14. The zero-order chi connectivity index (χ0) is 25.6. The summed E-state index contributed by atoms with van der Waals surface area (Å²) in [5, 5.41) is 10.1. The minimum atomic E-state index is -5.08. The Bertz CT molecular complexity index is 1200. The van der Waals surface area contributed by atoms with Crippen molar-refractivity contribution in [3.8, 4) is 0 Å². The van der Waals surface area contributed by atoms with E-state index in [1.165, 1.54) is 19.5 Å². The number of amides is 1. The van der Waals surface area contributed by atoms with Crippen molar-refractivity contribution >= 4 is 52.4 Å². The van der Waals surface area contributed by atoms with Crippen LogP contribution in [0.5, 0.6) is 0 Å². The van der Waals surface area contributed by atoms with Gasteiger partial charge in [0.05, 0.1) is 28.4 Å². The standard InChI is InChI=1S/C17H15Cl2N5O3.C2HF3O2/c1-27-17(26)12(20)6-9-2-3-13(15-22-4-5-24(9)15)23-16(25)14-10(18)7-21-8-11(14)19;3-2(4,5)1(6)7/h2-5,7-8,12H,6,20H2,1H3,(H,23,25);(H,6,7)/t12-;/m0./s1. The van der Waals surface area contributed by atoms with Crippen LogP contribution in [0.15, 0.2) is 36.9 Å². The number of aromatic nitrogens is 3. The molecule has 3 heterocycles. The Kier molecular flexibility index (Phi) is 8.79. The molecule has 0 aromatic carbocycles. The maximum Gasteiger partial charge on any atom is 0.490 e. The topological polar surface area (TPSA) is 149 Å². The van der Waals surface area contributed by atoms with Crippen molar-refractivity contribution in [2.24, 2.45) is 5.73 Å². The molecule has 34 heavy (non-hydrogen) atoms. The van der Waals surface area contributed by atoms with Crippen molar-refractivity contribution in [3.63, 3.8) is 0 Å². The number of rotatable bonds is 5. The number of halogens is 5. The number of carboxylic acid groups (broad SMARTS) is 1. The summed E-state index contributed by atoms with van der Waals surface area (Å²) in [7, 11) is 1.28. The summed E-state index contributed by atoms with van der Waals surface area (Å²) in [5.74, 6) is -3.76. The zero-order valence-electron chi connectivity index (χ0n) is 17.1. The van der Waals surface area contributed by atoms with Gasteiger partial charge in [-0.1, -0.05) is 23.2 Å². The fraction of sp³-hybridized carbons (Fsp3) is 0.211. The van der Waals surface area contributed by atoms with E-state index >= 15 is 0 Å². The lowest BCUT2D eigenvalue weighted by Gasteiger charge is -2.14. The average Bonchev–Trinajstić information content (AvgIpc) is 3.25. The quantitative estimate of drug-likeness (QED) is 0.433. The van der Waals surface area contributed by atoms with Gasteiger partial charge in [-0.2, -0.15) is 13.2 Å². The predicted octanol–water partition coefficient (Wildman–Crippen LogP) is 2.96. The molecule has 0 saturated carbocycles. The Morgan fingerprint density at radius 2 is 1.82 bits per heavy atom. The molecule has 0 aliphatic carbocycles. The highest BCUT2D eigenvalue weighted by Gasteiger charge is 2.38. The van der Waals surface area contributed by atoms with Gasteiger partial charge in [0.1, 0.15) is 6.04 Å². The van der Waals surface area contributed by atoms with Gasteiger partial charge < -0.3 is 25.3 Å². The second kappa shape index (κ2) is 11.1. The molecule has 10 nitrogen and oxygen atoms in total. The van der Waals surface area contributed by atoms with Crippen LogP contribution in [0.3, 0.4) is 0 Å². The molecule has 3 rings (SSSR count). The van der Waals surface area contributed by atoms with Gasteiger partial charge in [0.25, 0.3) is 5.91 Å². The highest BCUT2D eigenvalue weighted by atomic mass is 35.5. The number of carboxylic acids is 1. The first kappa shape index (κ1) is 26.8. The number of nitrogens with two attached hydrogens (primary N) is 1. The minimum absolute atomic E-state index is 0.120. The smallest absolute Gasteiger partial charge is 0.475 e. The third-order valence-electron chi connectivity index (χ3n) is 4.14. The highest BCUT2D eigenvalue weighted by molar-refractivity contribution is 6.40. The molecule has 0 unspecified atom stereocenters. The largest absolute Gasteiger partial charge is 0.490 e. The number of carbonyl (C=O) groups is 3. The highest BCUT2D eigenvalue weighted by Crippen LogP contribution is 2.25. The van der Waals surface area contributed by atoms with Gasteiger partial charge in [0.15, 0.2) is 5.65 Å². The Balaban J connectivity index is 0.000000509. The number of anilines is 1. The molecule has 0 aliphatic rings. The summed E-state index contributed by atoms with van der Waals surface area (Å²) in [5.41, 5.74) is 7.62. The van der Waals surface area contributed by atoms with Crippen LogP contribution in [0.1, 0.15) is 16.1 Å². The molecule has 3 aromatic rings. The molecular formula is C19H16Cl2F3N5O5. The molecule has 15 heteroatoms. The van der Waals surface area contributed by atoms with Crippen molar-refractivity contribution in [2.45, 2.75) is 18.6 Å². The van der Waals surface area contributed by atoms with Crippen LogP contribution in [0.25, 0.3) is 5.65 Å². The first-order chi connectivity index (χ1) is 15.9. The van der Waals surface area contributed by atoms with E-state index in [-0.39, 0.29) is 22.0 Å². The number of ether oxygens (including phenoxy) is 1. The number of hydrogen-bond donors (Lipinski definition) is 3.